The Kier molecular flexibility index (Phi) is 4.68. The van der Waals surface area contributed by atoms with Crippen molar-refractivity contribution in [3.8, 4) is 0 Å². The van der Waals surface area contributed by atoms with Gasteiger partial charge in [0.15, 0.2) is 5.82 Å². The first-order chi connectivity index (χ1) is 9.20. The third-order valence-electron chi connectivity index (χ3n) is 3.62. The summed E-state index contributed by atoms with van der Waals surface area (Å²) < 4.78 is 0. The number of nitrogens with one attached hydrogen (secondary N) is 1. The van der Waals surface area contributed by atoms with E-state index in [9.17, 15) is 4.79 Å². The van der Waals surface area contributed by atoms with Crippen LogP contribution < -0.4 is 11.3 Å². The molecule has 1 aliphatic carbocycles. The van der Waals surface area contributed by atoms with Crippen LogP contribution in [0, 0.1) is 5.92 Å². The third-order valence-corrected chi connectivity index (χ3v) is 3.62. The molecular weight excluding hydrogens is 242 g/mol. The molecule has 1 saturated carbocycles. The lowest BCUT2D eigenvalue weighted by atomic mass is 9.89. The van der Waals surface area contributed by atoms with E-state index >= 15 is 0 Å². The van der Waals surface area contributed by atoms with Crippen molar-refractivity contribution < 1.29 is 4.79 Å². The SMILES string of the molecule is CN(CC1CCCCC1)C(=O)c1cnc(NN)cn1. The highest BCUT2D eigenvalue weighted by molar-refractivity contribution is 5.91. The van der Waals surface area contributed by atoms with Gasteiger partial charge in [-0.15, -0.1) is 0 Å². The molecule has 1 heterocycles. The Bertz CT molecular complexity index is 414. The Balaban J connectivity index is 1.93. The minimum atomic E-state index is -0.0818. The molecule has 0 saturated heterocycles. The summed E-state index contributed by atoms with van der Waals surface area (Å²) in [5.41, 5.74) is 2.75. The highest BCUT2D eigenvalue weighted by Crippen LogP contribution is 2.24. The predicted molar refractivity (Wildman–Crippen MR) is 73.4 cm³/mol. The molecule has 19 heavy (non-hydrogen) atoms. The second-order valence-electron chi connectivity index (χ2n) is 5.12. The van der Waals surface area contributed by atoms with E-state index in [0.717, 1.165) is 6.54 Å². The summed E-state index contributed by atoms with van der Waals surface area (Å²) >= 11 is 0. The minimum Gasteiger partial charge on any atom is -0.340 e. The molecule has 0 bridgehead atoms. The monoisotopic (exact) mass is 263 g/mol. The largest absolute Gasteiger partial charge is 0.340 e. The first-order valence-corrected chi connectivity index (χ1v) is 6.75. The van der Waals surface area contributed by atoms with Gasteiger partial charge in [0.1, 0.15) is 5.69 Å². The van der Waals surface area contributed by atoms with E-state index < -0.39 is 0 Å². The molecule has 0 atom stereocenters. The predicted octanol–water partition coefficient (Wildman–Crippen LogP) is 1.41. The van der Waals surface area contributed by atoms with Crippen molar-refractivity contribution in [2.24, 2.45) is 11.8 Å². The summed E-state index contributed by atoms with van der Waals surface area (Å²) in [5, 5.41) is 0. The Morgan fingerprint density at radius 3 is 2.68 bits per heavy atom. The summed E-state index contributed by atoms with van der Waals surface area (Å²) in [6, 6.07) is 0. The van der Waals surface area contributed by atoms with E-state index in [0.29, 0.717) is 17.4 Å². The molecular formula is C13H21N5O. The molecule has 1 aliphatic rings. The van der Waals surface area contributed by atoms with Crippen LogP contribution in [0.15, 0.2) is 12.4 Å². The Hall–Kier alpha value is -1.69. The first-order valence-electron chi connectivity index (χ1n) is 6.75. The van der Waals surface area contributed by atoms with Gasteiger partial charge in [-0.25, -0.2) is 15.8 Å². The van der Waals surface area contributed by atoms with Gasteiger partial charge in [0, 0.05) is 13.6 Å². The van der Waals surface area contributed by atoms with E-state index in [-0.39, 0.29) is 5.91 Å². The molecule has 0 aliphatic heterocycles. The summed E-state index contributed by atoms with van der Waals surface area (Å²) in [4.78, 5) is 22.0. The van der Waals surface area contributed by atoms with Gasteiger partial charge in [0.05, 0.1) is 12.4 Å². The van der Waals surface area contributed by atoms with Gasteiger partial charge in [-0.1, -0.05) is 19.3 Å². The highest BCUT2D eigenvalue weighted by Gasteiger charge is 2.20. The van der Waals surface area contributed by atoms with Crippen molar-refractivity contribution >= 4 is 11.7 Å². The van der Waals surface area contributed by atoms with Crippen molar-refractivity contribution in [1.29, 1.82) is 0 Å². The van der Waals surface area contributed by atoms with Crippen molar-refractivity contribution in [2.45, 2.75) is 32.1 Å². The van der Waals surface area contributed by atoms with Gasteiger partial charge < -0.3 is 10.3 Å². The number of hydrogen-bond donors (Lipinski definition) is 2. The number of aromatic nitrogens is 2. The zero-order chi connectivity index (χ0) is 13.7. The first kappa shape index (κ1) is 13.7. The number of carbonyl (C=O) groups excluding carboxylic acids is 1. The molecule has 6 nitrogen and oxygen atoms in total. The lowest BCUT2D eigenvalue weighted by molar-refractivity contribution is 0.0754. The Morgan fingerprint density at radius 2 is 2.11 bits per heavy atom. The zero-order valence-electron chi connectivity index (χ0n) is 11.3. The standard InChI is InChI=1S/C13H21N5O/c1-18(9-10-5-3-2-4-6-10)13(19)11-7-16-12(17-14)8-15-11/h7-8,10H,2-6,9,14H2,1H3,(H,16,17). The van der Waals surface area contributed by atoms with Crippen LogP contribution >= 0.6 is 0 Å². The number of amides is 1. The number of nitrogens with zero attached hydrogens (tertiary/aromatic N) is 3. The third kappa shape index (κ3) is 3.64. The quantitative estimate of drug-likeness (QED) is 0.634. The second kappa shape index (κ2) is 6.47. The van der Waals surface area contributed by atoms with Crippen molar-refractivity contribution in [2.75, 3.05) is 19.0 Å². The van der Waals surface area contributed by atoms with Crippen molar-refractivity contribution in [1.82, 2.24) is 14.9 Å². The number of carbonyl (C=O) groups is 1. The molecule has 0 aromatic carbocycles. The van der Waals surface area contributed by atoms with Crippen LogP contribution in [0.25, 0.3) is 0 Å². The smallest absolute Gasteiger partial charge is 0.273 e. The topological polar surface area (TPSA) is 84.1 Å². The molecule has 6 heteroatoms. The number of rotatable bonds is 4. The molecule has 104 valence electrons. The fraction of sp³-hybridized carbons (Fsp3) is 0.615. The number of nitrogen functional groups attached to an aromatic ring is 1. The van der Waals surface area contributed by atoms with Gasteiger partial charge in [0.25, 0.3) is 5.91 Å². The van der Waals surface area contributed by atoms with E-state index in [1.54, 1.807) is 4.90 Å². The maximum absolute atomic E-state index is 12.2. The summed E-state index contributed by atoms with van der Waals surface area (Å²) in [5.74, 6) is 6.21. The average Bonchev–Trinajstić information content (AvgIpc) is 2.47. The Morgan fingerprint density at radius 1 is 1.37 bits per heavy atom. The molecule has 0 radical (unpaired) electrons. The summed E-state index contributed by atoms with van der Waals surface area (Å²) in [6.45, 7) is 0.803. The van der Waals surface area contributed by atoms with Crippen LogP contribution in [0.3, 0.4) is 0 Å². The lowest BCUT2D eigenvalue weighted by Gasteiger charge is -2.26. The van der Waals surface area contributed by atoms with Crippen LogP contribution in [0.5, 0.6) is 0 Å². The van der Waals surface area contributed by atoms with Gasteiger partial charge >= 0.3 is 0 Å². The molecule has 1 aromatic heterocycles. The van der Waals surface area contributed by atoms with Crippen LogP contribution in [0.1, 0.15) is 42.6 Å². The summed E-state index contributed by atoms with van der Waals surface area (Å²) in [7, 11) is 1.83. The zero-order valence-corrected chi connectivity index (χ0v) is 11.3. The normalized spacial score (nSPS) is 16.1. The summed E-state index contributed by atoms with van der Waals surface area (Å²) in [6.07, 6.45) is 9.25. The second-order valence-corrected chi connectivity index (χ2v) is 5.12. The minimum absolute atomic E-state index is 0.0818. The van der Waals surface area contributed by atoms with Crippen molar-refractivity contribution in [3.63, 3.8) is 0 Å². The maximum atomic E-state index is 12.2. The number of nitrogens with two attached hydrogens (primary N) is 1. The molecule has 3 N–H and O–H groups in total. The molecule has 0 spiro atoms. The molecule has 1 aromatic rings. The lowest BCUT2D eigenvalue weighted by Crippen LogP contribution is -2.33. The maximum Gasteiger partial charge on any atom is 0.273 e. The molecule has 1 amide bonds. The van der Waals surface area contributed by atoms with Gasteiger partial charge in [0.2, 0.25) is 0 Å². The van der Waals surface area contributed by atoms with Crippen LogP contribution in [-0.4, -0.2) is 34.4 Å². The van der Waals surface area contributed by atoms with E-state index in [1.807, 2.05) is 7.05 Å². The van der Waals surface area contributed by atoms with E-state index in [1.165, 1.54) is 44.5 Å². The van der Waals surface area contributed by atoms with Crippen molar-refractivity contribution in [3.05, 3.63) is 18.1 Å². The highest BCUT2D eigenvalue weighted by atomic mass is 16.2. The number of anilines is 1. The van der Waals surface area contributed by atoms with Gasteiger partial charge in [-0.05, 0) is 18.8 Å². The van der Waals surface area contributed by atoms with Gasteiger partial charge in [-0.2, -0.15) is 0 Å². The van der Waals surface area contributed by atoms with E-state index in [2.05, 4.69) is 15.4 Å². The number of hydrogen-bond acceptors (Lipinski definition) is 5. The molecule has 0 unspecified atom stereocenters. The van der Waals surface area contributed by atoms with Crippen LogP contribution in [0.2, 0.25) is 0 Å². The van der Waals surface area contributed by atoms with Gasteiger partial charge in [-0.3, -0.25) is 4.79 Å². The average molecular weight is 263 g/mol. The molecule has 1 fully saturated rings. The van der Waals surface area contributed by atoms with E-state index in [4.69, 9.17) is 5.84 Å². The fourth-order valence-corrected chi connectivity index (χ4v) is 2.55. The Labute approximate surface area is 113 Å². The molecule has 2 rings (SSSR count). The number of hydrazine groups is 1. The van der Waals surface area contributed by atoms with Crippen LogP contribution in [0.4, 0.5) is 5.82 Å². The van der Waals surface area contributed by atoms with Crippen LogP contribution in [-0.2, 0) is 0 Å². The fourth-order valence-electron chi connectivity index (χ4n) is 2.55.